The third-order valence-corrected chi connectivity index (χ3v) is 1.76. The second-order valence-corrected chi connectivity index (χ2v) is 2.66. The zero-order valence-electron chi connectivity index (χ0n) is 7.81. The van der Waals surface area contributed by atoms with Crippen molar-refractivity contribution in [3.8, 4) is 0 Å². The number of carbonyl (C=O) groups excluding carboxylic acids is 1. The summed E-state index contributed by atoms with van der Waals surface area (Å²) in [5.41, 5.74) is 0.231. The van der Waals surface area contributed by atoms with E-state index in [0.717, 1.165) is 0 Å². The Balaban J connectivity index is 2.90. The van der Waals surface area contributed by atoms with Gasteiger partial charge in [0.05, 0.1) is 5.69 Å². The summed E-state index contributed by atoms with van der Waals surface area (Å²) in [5.74, 6) is -1.40. The lowest BCUT2D eigenvalue weighted by molar-refractivity contribution is -0.121. The zero-order chi connectivity index (χ0) is 10.7. The average molecular weight is 198 g/mol. The van der Waals surface area contributed by atoms with Gasteiger partial charge in [0.25, 0.3) is 0 Å². The molecule has 7 heteroatoms. The van der Waals surface area contributed by atoms with Gasteiger partial charge in [-0.1, -0.05) is 5.21 Å². The highest BCUT2D eigenvalue weighted by Gasteiger charge is 2.15. The van der Waals surface area contributed by atoms with Gasteiger partial charge in [0.15, 0.2) is 5.69 Å². The number of nitrogens with one attached hydrogen (secondary N) is 1. The second kappa shape index (κ2) is 3.86. The van der Waals surface area contributed by atoms with E-state index in [-0.39, 0.29) is 18.1 Å². The molecule has 1 aromatic heterocycles. The van der Waals surface area contributed by atoms with Gasteiger partial charge in [0.1, 0.15) is 6.54 Å². The molecule has 0 spiro atoms. The Morgan fingerprint density at radius 3 is 2.64 bits per heavy atom. The van der Waals surface area contributed by atoms with Gasteiger partial charge in [-0.2, -0.15) is 0 Å². The van der Waals surface area contributed by atoms with Gasteiger partial charge in [-0.3, -0.25) is 4.79 Å². The van der Waals surface area contributed by atoms with Crippen LogP contribution in [0.5, 0.6) is 0 Å². The summed E-state index contributed by atoms with van der Waals surface area (Å²) in [6.07, 6.45) is 0. The van der Waals surface area contributed by atoms with Gasteiger partial charge in [-0.05, 0) is 6.92 Å². The Kier molecular flexibility index (Phi) is 2.80. The van der Waals surface area contributed by atoms with E-state index in [1.165, 1.54) is 11.7 Å². The van der Waals surface area contributed by atoms with Crippen molar-refractivity contribution in [1.82, 2.24) is 20.3 Å². The van der Waals surface area contributed by atoms with Crippen molar-refractivity contribution in [3.05, 3.63) is 11.4 Å². The molecule has 7 nitrogen and oxygen atoms in total. The molecule has 1 amide bonds. The van der Waals surface area contributed by atoms with Gasteiger partial charge in [0, 0.05) is 7.05 Å². The highest BCUT2D eigenvalue weighted by atomic mass is 16.4. The maximum Gasteiger partial charge on any atom is 0.358 e. The van der Waals surface area contributed by atoms with E-state index in [0.29, 0.717) is 5.69 Å². The molecule has 0 radical (unpaired) electrons. The van der Waals surface area contributed by atoms with Crippen LogP contribution in [0.25, 0.3) is 0 Å². The third-order valence-electron chi connectivity index (χ3n) is 1.76. The number of aromatic carboxylic acids is 1. The monoisotopic (exact) mass is 198 g/mol. The minimum absolute atomic E-state index is 0.0252. The van der Waals surface area contributed by atoms with E-state index in [1.807, 2.05) is 0 Å². The minimum atomic E-state index is -1.15. The molecule has 2 N–H and O–H groups in total. The van der Waals surface area contributed by atoms with E-state index < -0.39 is 5.97 Å². The molecule has 0 aromatic carbocycles. The van der Waals surface area contributed by atoms with Crippen molar-refractivity contribution in [1.29, 1.82) is 0 Å². The van der Waals surface area contributed by atoms with E-state index in [4.69, 9.17) is 5.11 Å². The maximum atomic E-state index is 11.0. The first-order valence-corrected chi connectivity index (χ1v) is 3.90. The molecule has 0 aliphatic rings. The summed E-state index contributed by atoms with van der Waals surface area (Å²) in [6, 6.07) is 0. The van der Waals surface area contributed by atoms with Crippen molar-refractivity contribution in [3.63, 3.8) is 0 Å². The molecule has 1 rings (SSSR count). The Bertz CT molecular complexity index is 371. The third kappa shape index (κ3) is 1.87. The smallest absolute Gasteiger partial charge is 0.358 e. The van der Waals surface area contributed by atoms with Crippen LogP contribution in [0.15, 0.2) is 0 Å². The number of aromatic nitrogens is 3. The van der Waals surface area contributed by atoms with Gasteiger partial charge in [0.2, 0.25) is 5.91 Å². The zero-order valence-corrected chi connectivity index (χ0v) is 7.81. The predicted octanol–water partition coefficient (Wildman–Crippen LogP) is -0.969. The summed E-state index contributed by atoms with van der Waals surface area (Å²) in [7, 11) is 1.49. The van der Waals surface area contributed by atoms with Gasteiger partial charge in [-0.25, -0.2) is 9.48 Å². The van der Waals surface area contributed by atoms with Crippen molar-refractivity contribution in [2.75, 3.05) is 7.05 Å². The van der Waals surface area contributed by atoms with E-state index in [9.17, 15) is 9.59 Å². The summed E-state index contributed by atoms with van der Waals surface area (Å²) in [5, 5.41) is 18.0. The first-order valence-electron chi connectivity index (χ1n) is 3.90. The standard InChI is InChI=1S/C7H10N4O3/c1-4-6(7(13)14)9-10-11(4)3-5(12)8-2/h3H2,1-2H3,(H,8,12)(H,13,14). The van der Waals surface area contributed by atoms with E-state index >= 15 is 0 Å². The molecule has 0 saturated heterocycles. The van der Waals surface area contributed by atoms with Crippen LogP contribution in [0.2, 0.25) is 0 Å². The van der Waals surface area contributed by atoms with Crippen molar-refractivity contribution in [2.45, 2.75) is 13.5 Å². The Morgan fingerprint density at radius 1 is 1.57 bits per heavy atom. The lowest BCUT2D eigenvalue weighted by Gasteiger charge is -2.00. The van der Waals surface area contributed by atoms with E-state index in [1.54, 1.807) is 6.92 Å². The topological polar surface area (TPSA) is 97.1 Å². The Labute approximate surface area is 79.7 Å². The minimum Gasteiger partial charge on any atom is -0.476 e. The second-order valence-electron chi connectivity index (χ2n) is 2.66. The van der Waals surface area contributed by atoms with Crippen LogP contribution < -0.4 is 5.32 Å². The van der Waals surface area contributed by atoms with Gasteiger partial charge >= 0.3 is 5.97 Å². The molecule has 0 saturated carbocycles. The molecule has 1 aromatic rings. The molecule has 76 valence electrons. The van der Waals surface area contributed by atoms with Gasteiger partial charge in [-0.15, -0.1) is 5.10 Å². The Morgan fingerprint density at radius 2 is 2.21 bits per heavy atom. The molecular weight excluding hydrogens is 188 g/mol. The predicted molar refractivity (Wildman–Crippen MR) is 45.8 cm³/mol. The number of carbonyl (C=O) groups is 2. The number of rotatable bonds is 3. The van der Waals surface area contributed by atoms with Crippen LogP contribution >= 0.6 is 0 Å². The molecule has 0 unspecified atom stereocenters. The van der Waals surface area contributed by atoms with E-state index in [2.05, 4.69) is 15.6 Å². The van der Waals surface area contributed by atoms with Crippen molar-refractivity contribution in [2.24, 2.45) is 0 Å². The number of amides is 1. The summed E-state index contributed by atoms with van der Waals surface area (Å²) in [4.78, 5) is 21.5. The quantitative estimate of drug-likeness (QED) is 0.651. The van der Waals surface area contributed by atoms with Crippen LogP contribution in [0.3, 0.4) is 0 Å². The Hall–Kier alpha value is -1.92. The highest BCUT2D eigenvalue weighted by molar-refractivity contribution is 5.86. The van der Waals surface area contributed by atoms with Crippen LogP contribution in [0.4, 0.5) is 0 Å². The van der Waals surface area contributed by atoms with Crippen molar-refractivity contribution < 1.29 is 14.7 Å². The first-order chi connectivity index (χ1) is 6.56. The number of likely N-dealkylation sites (N-methyl/N-ethyl adjacent to an activating group) is 1. The molecule has 0 atom stereocenters. The first kappa shape index (κ1) is 10.2. The number of hydrogen-bond acceptors (Lipinski definition) is 4. The largest absolute Gasteiger partial charge is 0.476 e. The molecular formula is C7H10N4O3. The lowest BCUT2D eigenvalue weighted by Crippen LogP contribution is -2.24. The van der Waals surface area contributed by atoms with Crippen LogP contribution in [-0.2, 0) is 11.3 Å². The lowest BCUT2D eigenvalue weighted by atomic mass is 10.3. The number of carboxylic acids is 1. The van der Waals surface area contributed by atoms with Crippen LogP contribution in [0, 0.1) is 6.92 Å². The molecule has 0 aliphatic heterocycles. The van der Waals surface area contributed by atoms with Crippen molar-refractivity contribution >= 4 is 11.9 Å². The molecule has 1 heterocycles. The summed E-state index contributed by atoms with van der Waals surface area (Å²) < 4.78 is 1.24. The van der Waals surface area contributed by atoms with Crippen LogP contribution in [0.1, 0.15) is 16.2 Å². The molecule has 0 aliphatic carbocycles. The molecule has 0 fully saturated rings. The molecule has 14 heavy (non-hydrogen) atoms. The summed E-state index contributed by atoms with van der Waals surface area (Å²) >= 11 is 0. The highest BCUT2D eigenvalue weighted by Crippen LogP contribution is 2.02. The molecule has 0 bridgehead atoms. The fourth-order valence-corrected chi connectivity index (χ4v) is 0.923. The maximum absolute atomic E-state index is 11.0. The SMILES string of the molecule is CNC(=O)Cn1nnc(C(=O)O)c1C. The normalized spacial score (nSPS) is 9.86. The van der Waals surface area contributed by atoms with Gasteiger partial charge < -0.3 is 10.4 Å². The number of hydrogen-bond donors (Lipinski definition) is 2. The average Bonchev–Trinajstić information content (AvgIpc) is 2.48. The number of nitrogens with zero attached hydrogens (tertiary/aromatic N) is 3. The summed E-state index contributed by atoms with van der Waals surface area (Å²) in [6.45, 7) is 1.52. The fraction of sp³-hybridized carbons (Fsp3) is 0.429. The van der Waals surface area contributed by atoms with Crippen LogP contribution in [-0.4, -0.2) is 39.0 Å². The number of carboxylic acid groups (broad SMARTS) is 1. The fourth-order valence-electron chi connectivity index (χ4n) is 0.923.